The zero-order valence-electron chi connectivity index (χ0n) is 13.4. The van der Waals surface area contributed by atoms with Crippen LogP contribution in [0.25, 0.3) is 10.9 Å². The largest absolute Gasteiger partial charge is 0.361 e. The van der Waals surface area contributed by atoms with E-state index in [0.717, 1.165) is 27.7 Å². The van der Waals surface area contributed by atoms with Gasteiger partial charge < -0.3 is 10.3 Å². The van der Waals surface area contributed by atoms with Crippen molar-refractivity contribution in [1.82, 2.24) is 14.8 Å². The van der Waals surface area contributed by atoms with E-state index in [0.29, 0.717) is 11.3 Å². The number of rotatable bonds is 3. The van der Waals surface area contributed by atoms with Gasteiger partial charge in [-0.05, 0) is 18.2 Å². The van der Waals surface area contributed by atoms with Gasteiger partial charge in [0.25, 0.3) is 5.91 Å². The molecule has 1 aliphatic heterocycles. The molecule has 0 unspecified atom stereocenters. The number of aromatic amines is 1. The van der Waals surface area contributed by atoms with Crippen LogP contribution in [0.15, 0.2) is 54.7 Å². The average molecular weight is 356 g/mol. The van der Waals surface area contributed by atoms with Gasteiger partial charge >= 0.3 is 0 Å². The number of carbonyl (C=O) groups excluding carboxylic acids is 1. The number of fused-ring (bicyclic) bond motifs is 2. The molecule has 7 nitrogen and oxygen atoms in total. The molecule has 1 amide bonds. The fraction of sp³-hybridized carbons (Fsp3) is 0.118. The van der Waals surface area contributed by atoms with Crippen LogP contribution in [-0.4, -0.2) is 30.6 Å². The lowest BCUT2D eigenvalue weighted by molar-refractivity contribution is 0.0635. The molecular weight excluding hydrogens is 340 g/mol. The molecule has 0 fully saturated rings. The number of carbonyl (C=O) groups is 1. The van der Waals surface area contributed by atoms with E-state index in [-0.39, 0.29) is 0 Å². The molecule has 128 valence electrons. The van der Waals surface area contributed by atoms with Gasteiger partial charge in [-0.2, -0.15) is 0 Å². The molecule has 1 aliphatic rings. The van der Waals surface area contributed by atoms with E-state index in [1.807, 2.05) is 30.3 Å². The van der Waals surface area contributed by atoms with Crippen LogP contribution in [0.1, 0.15) is 22.1 Å². The van der Waals surface area contributed by atoms with Crippen molar-refractivity contribution in [2.75, 3.05) is 11.6 Å². The third-order valence-corrected chi connectivity index (χ3v) is 4.64. The summed E-state index contributed by atoms with van der Waals surface area (Å²) in [6.45, 7) is 0. The second-order valence-corrected chi connectivity index (χ2v) is 7.65. The van der Waals surface area contributed by atoms with Gasteiger partial charge in [-0.25, -0.2) is 13.4 Å². The molecule has 3 aromatic rings. The summed E-state index contributed by atoms with van der Waals surface area (Å²) in [6, 6.07) is 14.7. The third-order valence-electron chi connectivity index (χ3n) is 4.11. The Morgan fingerprint density at radius 1 is 1.08 bits per heavy atom. The van der Waals surface area contributed by atoms with Crippen molar-refractivity contribution in [3.8, 4) is 0 Å². The van der Waals surface area contributed by atoms with Crippen molar-refractivity contribution < 1.29 is 13.2 Å². The number of hydrogen-bond donors (Lipinski definition) is 3. The lowest BCUT2D eigenvalue weighted by Crippen LogP contribution is -2.52. The predicted molar refractivity (Wildman–Crippen MR) is 95.3 cm³/mol. The summed E-state index contributed by atoms with van der Waals surface area (Å²) in [5.74, 6) is -0.407. The highest BCUT2D eigenvalue weighted by Gasteiger charge is 2.35. The number of H-pyrrole nitrogens is 1. The lowest BCUT2D eigenvalue weighted by Gasteiger charge is -2.37. The SMILES string of the molecule is CS(=O)(=O)NN1C(=O)c2ccccc2N[C@H]1c1c[nH]c2ccccc12. The first-order chi connectivity index (χ1) is 11.9. The fourth-order valence-corrected chi connectivity index (χ4v) is 3.61. The first-order valence-corrected chi connectivity index (χ1v) is 9.56. The van der Waals surface area contributed by atoms with Crippen molar-refractivity contribution >= 4 is 32.5 Å². The first kappa shape index (κ1) is 15.7. The zero-order chi connectivity index (χ0) is 17.6. The summed E-state index contributed by atoms with van der Waals surface area (Å²) in [6.07, 6.45) is 2.13. The van der Waals surface area contributed by atoms with E-state index in [4.69, 9.17) is 0 Å². The summed E-state index contributed by atoms with van der Waals surface area (Å²) < 4.78 is 23.6. The van der Waals surface area contributed by atoms with Gasteiger partial charge in [0.2, 0.25) is 10.0 Å². The normalized spacial score (nSPS) is 17.4. The topological polar surface area (TPSA) is 94.3 Å². The molecule has 0 spiro atoms. The number of para-hydroxylation sites is 2. The highest BCUT2D eigenvalue weighted by atomic mass is 32.2. The summed E-state index contributed by atoms with van der Waals surface area (Å²) >= 11 is 0. The Balaban J connectivity index is 1.87. The van der Waals surface area contributed by atoms with Crippen LogP contribution < -0.4 is 10.1 Å². The highest BCUT2D eigenvalue weighted by molar-refractivity contribution is 7.88. The molecule has 0 radical (unpaired) electrons. The molecule has 0 saturated carbocycles. The number of nitrogens with zero attached hydrogens (tertiary/aromatic N) is 1. The van der Waals surface area contributed by atoms with Crippen molar-refractivity contribution in [2.45, 2.75) is 6.17 Å². The van der Waals surface area contributed by atoms with Crippen LogP contribution in [0.5, 0.6) is 0 Å². The summed E-state index contributed by atoms with van der Waals surface area (Å²) in [5, 5.41) is 5.28. The van der Waals surface area contributed by atoms with Crippen molar-refractivity contribution in [3.63, 3.8) is 0 Å². The number of anilines is 1. The van der Waals surface area contributed by atoms with E-state index in [1.54, 1.807) is 24.4 Å². The van der Waals surface area contributed by atoms with Crippen molar-refractivity contribution in [2.24, 2.45) is 0 Å². The smallest absolute Gasteiger partial charge is 0.273 e. The lowest BCUT2D eigenvalue weighted by atomic mass is 10.0. The van der Waals surface area contributed by atoms with E-state index < -0.39 is 22.1 Å². The molecule has 8 heteroatoms. The maximum atomic E-state index is 12.9. The standard InChI is InChI=1S/C17H16N4O3S/c1-25(23,24)20-21-16(13-10-18-14-8-4-2-6-11(13)14)19-15-9-5-3-7-12(15)17(21)22/h2-10,16,18-20H,1H3/t16-/m1/s1. The molecule has 2 aromatic carbocycles. The van der Waals surface area contributed by atoms with Crippen LogP contribution >= 0.6 is 0 Å². The summed E-state index contributed by atoms with van der Waals surface area (Å²) in [7, 11) is -3.63. The van der Waals surface area contributed by atoms with Crippen molar-refractivity contribution in [3.05, 3.63) is 65.9 Å². The molecule has 0 bridgehead atoms. The number of hydrazine groups is 1. The Labute approximate surface area is 144 Å². The maximum Gasteiger partial charge on any atom is 0.273 e. The second-order valence-electron chi connectivity index (χ2n) is 5.92. The van der Waals surface area contributed by atoms with E-state index in [2.05, 4.69) is 15.1 Å². The Bertz CT molecular complexity index is 1070. The van der Waals surface area contributed by atoms with Crippen LogP contribution in [0.3, 0.4) is 0 Å². The number of sulfonamides is 1. The highest BCUT2D eigenvalue weighted by Crippen LogP contribution is 2.35. The molecule has 0 aliphatic carbocycles. The van der Waals surface area contributed by atoms with Gasteiger partial charge in [0.1, 0.15) is 6.17 Å². The van der Waals surface area contributed by atoms with E-state index in [9.17, 15) is 13.2 Å². The minimum atomic E-state index is -3.63. The van der Waals surface area contributed by atoms with Crippen LogP contribution in [0.2, 0.25) is 0 Å². The summed E-state index contributed by atoms with van der Waals surface area (Å²) in [4.78, 5) is 18.4. The van der Waals surface area contributed by atoms with Gasteiger partial charge in [-0.15, -0.1) is 4.83 Å². The number of amides is 1. The minimum Gasteiger partial charge on any atom is -0.361 e. The Morgan fingerprint density at radius 3 is 2.60 bits per heavy atom. The number of benzene rings is 2. The minimum absolute atomic E-state index is 0.407. The van der Waals surface area contributed by atoms with E-state index >= 15 is 0 Å². The molecule has 3 N–H and O–H groups in total. The fourth-order valence-electron chi connectivity index (χ4n) is 3.06. The van der Waals surface area contributed by atoms with E-state index in [1.165, 1.54) is 0 Å². The molecule has 25 heavy (non-hydrogen) atoms. The number of aromatic nitrogens is 1. The third kappa shape index (κ3) is 2.75. The molecule has 1 atom stereocenters. The Hall–Kier alpha value is -2.84. The first-order valence-electron chi connectivity index (χ1n) is 7.66. The van der Waals surface area contributed by atoms with Gasteiger partial charge in [-0.1, -0.05) is 30.3 Å². The van der Waals surface area contributed by atoms with Gasteiger partial charge in [0.05, 0.1) is 11.8 Å². The van der Waals surface area contributed by atoms with Crippen molar-refractivity contribution in [1.29, 1.82) is 0 Å². The van der Waals surface area contributed by atoms with Gasteiger partial charge in [0, 0.05) is 28.4 Å². The van der Waals surface area contributed by atoms with Crippen LogP contribution in [0, 0.1) is 0 Å². The quantitative estimate of drug-likeness (QED) is 0.670. The molecule has 0 saturated heterocycles. The number of hydrogen-bond acceptors (Lipinski definition) is 4. The second kappa shape index (κ2) is 5.61. The Kier molecular flexibility index (Phi) is 3.52. The van der Waals surface area contributed by atoms with Crippen LogP contribution in [-0.2, 0) is 10.0 Å². The molecule has 4 rings (SSSR count). The Morgan fingerprint density at radius 2 is 1.80 bits per heavy atom. The van der Waals surface area contributed by atoms with Crippen LogP contribution in [0.4, 0.5) is 5.69 Å². The summed E-state index contributed by atoms with van der Waals surface area (Å²) in [5.41, 5.74) is 2.75. The molecule has 2 heterocycles. The number of nitrogens with one attached hydrogen (secondary N) is 3. The monoisotopic (exact) mass is 356 g/mol. The molecular formula is C17H16N4O3S. The van der Waals surface area contributed by atoms with Gasteiger partial charge in [0.15, 0.2) is 0 Å². The van der Waals surface area contributed by atoms with Gasteiger partial charge in [-0.3, -0.25) is 4.79 Å². The predicted octanol–water partition coefficient (Wildman–Crippen LogP) is 2.20. The maximum absolute atomic E-state index is 12.9. The zero-order valence-corrected chi connectivity index (χ0v) is 14.2. The average Bonchev–Trinajstić information content (AvgIpc) is 3.00. The molecule has 1 aromatic heterocycles.